The molecule has 2 heteroatoms. The van der Waals surface area contributed by atoms with E-state index >= 15 is 0 Å². The maximum atomic E-state index is 11.9. The number of likely N-dealkylation sites (N-methyl/N-ethyl adjacent to an activating group) is 1. The van der Waals surface area contributed by atoms with E-state index in [1.165, 1.54) is 5.56 Å². The summed E-state index contributed by atoms with van der Waals surface area (Å²) in [7, 11) is 3.96. The molecule has 0 spiro atoms. The van der Waals surface area contributed by atoms with Crippen molar-refractivity contribution in [2.24, 2.45) is 0 Å². The average molecular weight is 240 g/mol. The van der Waals surface area contributed by atoms with Crippen molar-refractivity contribution in [1.29, 1.82) is 0 Å². The maximum Gasteiger partial charge on any atom is 0.216 e. The molecule has 0 bridgehead atoms. The molecular formula is C16H18NO+. The van der Waals surface area contributed by atoms with Gasteiger partial charge in [-0.2, -0.15) is 0 Å². The van der Waals surface area contributed by atoms with E-state index in [1.807, 2.05) is 56.6 Å². The van der Waals surface area contributed by atoms with Crippen molar-refractivity contribution < 1.29 is 9.69 Å². The minimum absolute atomic E-state index is 0.189. The first kappa shape index (κ1) is 12.5. The summed E-state index contributed by atoms with van der Waals surface area (Å²) in [5.74, 6) is 0.189. The molecule has 1 N–H and O–H groups in total. The summed E-state index contributed by atoms with van der Waals surface area (Å²) in [6, 6.07) is 18.0. The first-order valence-electron chi connectivity index (χ1n) is 6.14. The summed E-state index contributed by atoms with van der Waals surface area (Å²) in [5, 5.41) is 0. The van der Waals surface area contributed by atoms with Crippen molar-refractivity contribution in [2.45, 2.75) is 0 Å². The van der Waals surface area contributed by atoms with Crippen LogP contribution < -0.4 is 4.90 Å². The van der Waals surface area contributed by atoms with Crippen molar-refractivity contribution in [1.82, 2.24) is 0 Å². The van der Waals surface area contributed by atoms with Crippen molar-refractivity contribution in [3.63, 3.8) is 0 Å². The molecule has 2 rings (SSSR count). The lowest BCUT2D eigenvalue weighted by atomic mass is 10.0. The van der Waals surface area contributed by atoms with Crippen molar-refractivity contribution in [2.75, 3.05) is 20.6 Å². The number of Topliss-reactive ketones (excluding diaryl/α,β-unsaturated/α-hetero) is 1. The minimum Gasteiger partial charge on any atom is -0.333 e. The highest BCUT2D eigenvalue weighted by molar-refractivity contribution is 5.97. The van der Waals surface area contributed by atoms with Gasteiger partial charge in [0.15, 0.2) is 0 Å². The number of benzene rings is 2. The van der Waals surface area contributed by atoms with Gasteiger partial charge < -0.3 is 4.90 Å². The van der Waals surface area contributed by atoms with E-state index in [4.69, 9.17) is 0 Å². The molecule has 0 heterocycles. The van der Waals surface area contributed by atoms with E-state index in [0.29, 0.717) is 6.54 Å². The largest absolute Gasteiger partial charge is 0.333 e. The zero-order valence-corrected chi connectivity index (χ0v) is 10.8. The zero-order chi connectivity index (χ0) is 13.0. The van der Waals surface area contributed by atoms with E-state index in [1.54, 1.807) is 0 Å². The molecule has 18 heavy (non-hydrogen) atoms. The van der Waals surface area contributed by atoms with E-state index in [-0.39, 0.29) is 5.78 Å². The molecule has 0 amide bonds. The van der Waals surface area contributed by atoms with Gasteiger partial charge in [0, 0.05) is 5.56 Å². The lowest BCUT2D eigenvalue weighted by molar-refractivity contribution is -0.848. The Hall–Kier alpha value is -1.93. The zero-order valence-electron chi connectivity index (χ0n) is 10.8. The second-order valence-corrected chi connectivity index (χ2v) is 4.75. The van der Waals surface area contributed by atoms with Gasteiger partial charge in [0.1, 0.15) is 6.54 Å². The fourth-order valence-electron chi connectivity index (χ4n) is 1.90. The van der Waals surface area contributed by atoms with Gasteiger partial charge in [-0.3, -0.25) is 4.79 Å². The molecule has 0 saturated heterocycles. The smallest absolute Gasteiger partial charge is 0.216 e. The van der Waals surface area contributed by atoms with Crippen molar-refractivity contribution in [3.05, 3.63) is 60.2 Å². The molecule has 2 nitrogen and oxygen atoms in total. The molecule has 2 aromatic rings. The Kier molecular flexibility index (Phi) is 3.90. The molecule has 2 aromatic carbocycles. The van der Waals surface area contributed by atoms with Crippen LogP contribution in [0.15, 0.2) is 54.6 Å². The minimum atomic E-state index is 0.189. The van der Waals surface area contributed by atoms with Gasteiger partial charge in [-0.1, -0.05) is 54.6 Å². The van der Waals surface area contributed by atoms with Gasteiger partial charge in [0.25, 0.3) is 0 Å². The van der Waals surface area contributed by atoms with Crippen LogP contribution in [0, 0.1) is 0 Å². The molecule has 92 valence electrons. The Labute approximate surface area is 108 Å². The van der Waals surface area contributed by atoms with Crippen LogP contribution in [0.1, 0.15) is 10.4 Å². The van der Waals surface area contributed by atoms with Crippen LogP contribution >= 0.6 is 0 Å². The molecule has 0 aliphatic rings. The Morgan fingerprint density at radius 2 is 1.44 bits per heavy atom. The number of nitrogens with one attached hydrogen (secondary N) is 1. The standard InChI is InChI=1S/C16H17NO/c1-17(2)12-16(18)15-10-8-14(9-11-15)13-6-4-3-5-7-13/h3-11H,12H2,1-2H3/p+1. The van der Waals surface area contributed by atoms with Crippen LogP contribution in [-0.2, 0) is 0 Å². The van der Waals surface area contributed by atoms with E-state index in [0.717, 1.165) is 16.0 Å². The molecule has 0 aliphatic heterocycles. The predicted octanol–water partition coefficient (Wildman–Crippen LogP) is 1.68. The maximum absolute atomic E-state index is 11.9. The second-order valence-electron chi connectivity index (χ2n) is 4.75. The molecule has 0 saturated carbocycles. The number of hydrogen-bond donors (Lipinski definition) is 1. The number of hydrogen-bond acceptors (Lipinski definition) is 1. The number of rotatable bonds is 4. The van der Waals surface area contributed by atoms with Gasteiger partial charge in [-0.05, 0) is 11.1 Å². The van der Waals surface area contributed by atoms with Crippen LogP contribution in [0.5, 0.6) is 0 Å². The van der Waals surface area contributed by atoms with Crippen LogP contribution in [-0.4, -0.2) is 26.4 Å². The number of carbonyl (C=O) groups excluding carboxylic acids is 1. The van der Waals surface area contributed by atoms with Gasteiger partial charge in [0.2, 0.25) is 5.78 Å². The normalized spacial score (nSPS) is 10.6. The topological polar surface area (TPSA) is 21.5 Å². The number of quaternary nitrogens is 1. The summed E-state index contributed by atoms with van der Waals surface area (Å²) in [4.78, 5) is 13.0. The predicted molar refractivity (Wildman–Crippen MR) is 73.9 cm³/mol. The summed E-state index contributed by atoms with van der Waals surface area (Å²) in [5.41, 5.74) is 3.11. The van der Waals surface area contributed by atoms with Gasteiger partial charge in [0.05, 0.1) is 14.1 Å². The van der Waals surface area contributed by atoms with Crippen LogP contribution in [0.4, 0.5) is 0 Å². The highest BCUT2D eigenvalue weighted by Gasteiger charge is 2.09. The van der Waals surface area contributed by atoms with Crippen molar-refractivity contribution >= 4 is 5.78 Å². The second kappa shape index (κ2) is 5.61. The van der Waals surface area contributed by atoms with E-state index in [9.17, 15) is 4.79 Å². The monoisotopic (exact) mass is 240 g/mol. The Bertz CT molecular complexity index is 515. The van der Waals surface area contributed by atoms with Crippen LogP contribution in [0.3, 0.4) is 0 Å². The summed E-state index contributed by atoms with van der Waals surface area (Å²) in [6.45, 7) is 0.532. The first-order chi connectivity index (χ1) is 8.66. The molecular weight excluding hydrogens is 222 g/mol. The van der Waals surface area contributed by atoms with Crippen LogP contribution in [0.2, 0.25) is 0 Å². The average Bonchev–Trinajstić information content (AvgIpc) is 2.39. The Morgan fingerprint density at radius 1 is 0.889 bits per heavy atom. The third-order valence-electron chi connectivity index (χ3n) is 2.83. The summed E-state index contributed by atoms with van der Waals surface area (Å²) >= 11 is 0. The Balaban J connectivity index is 2.18. The third-order valence-corrected chi connectivity index (χ3v) is 2.83. The SMILES string of the molecule is C[NH+](C)CC(=O)c1ccc(-c2ccccc2)cc1. The number of ketones is 1. The first-order valence-corrected chi connectivity index (χ1v) is 6.14. The van der Waals surface area contributed by atoms with Gasteiger partial charge in [-0.15, -0.1) is 0 Å². The number of carbonyl (C=O) groups is 1. The highest BCUT2D eigenvalue weighted by Crippen LogP contribution is 2.19. The highest BCUT2D eigenvalue weighted by atomic mass is 16.1. The van der Waals surface area contributed by atoms with Gasteiger partial charge >= 0.3 is 0 Å². The fourth-order valence-corrected chi connectivity index (χ4v) is 1.90. The quantitative estimate of drug-likeness (QED) is 0.807. The van der Waals surface area contributed by atoms with Gasteiger partial charge in [-0.25, -0.2) is 0 Å². The summed E-state index contributed by atoms with van der Waals surface area (Å²) in [6.07, 6.45) is 0. The van der Waals surface area contributed by atoms with Crippen molar-refractivity contribution in [3.8, 4) is 11.1 Å². The lowest BCUT2D eigenvalue weighted by Crippen LogP contribution is -3.06. The third kappa shape index (κ3) is 3.05. The molecule has 0 radical (unpaired) electrons. The molecule has 0 aromatic heterocycles. The molecule has 0 aliphatic carbocycles. The summed E-state index contributed by atoms with van der Waals surface area (Å²) < 4.78 is 0. The molecule has 0 fully saturated rings. The van der Waals surface area contributed by atoms with E-state index < -0.39 is 0 Å². The fraction of sp³-hybridized carbons (Fsp3) is 0.188. The van der Waals surface area contributed by atoms with Crippen LogP contribution in [0.25, 0.3) is 11.1 Å². The molecule has 0 atom stereocenters. The molecule has 0 unspecified atom stereocenters. The Morgan fingerprint density at radius 3 is 2.00 bits per heavy atom. The lowest BCUT2D eigenvalue weighted by Gasteiger charge is -2.07. The van der Waals surface area contributed by atoms with E-state index in [2.05, 4.69) is 12.1 Å².